The van der Waals surface area contributed by atoms with Crippen LogP contribution in [-0.4, -0.2) is 27.0 Å². The van der Waals surface area contributed by atoms with Gasteiger partial charge in [0.15, 0.2) is 0 Å². The largest absolute Gasteiger partial charge is 0.352 e. The van der Waals surface area contributed by atoms with E-state index in [2.05, 4.69) is 20.7 Å². The van der Waals surface area contributed by atoms with Gasteiger partial charge >= 0.3 is 0 Å². The highest BCUT2D eigenvalue weighted by atomic mass is 35.5. The number of hydrogen-bond donors (Lipinski definition) is 3. The molecular weight excluding hydrogens is 280 g/mol. The lowest BCUT2D eigenvalue weighted by molar-refractivity contribution is 0.0954. The van der Waals surface area contributed by atoms with Crippen molar-refractivity contribution in [2.24, 2.45) is 12.9 Å². The molecule has 0 unspecified atom stereocenters. The van der Waals surface area contributed by atoms with Crippen LogP contribution in [0.1, 0.15) is 16.2 Å². The minimum atomic E-state index is -0.236. The van der Waals surface area contributed by atoms with Gasteiger partial charge in [-0.3, -0.25) is 4.79 Å². The predicted octanol–water partition coefficient (Wildman–Crippen LogP) is 0.727. The quantitative estimate of drug-likeness (QED) is 0.429. The monoisotopic (exact) mass is 294 g/mol. The number of aryl methyl sites for hydroxylation is 1. The van der Waals surface area contributed by atoms with Crippen LogP contribution in [0.2, 0.25) is 5.15 Å². The zero-order valence-corrected chi connectivity index (χ0v) is 11.7. The molecule has 7 nitrogen and oxygen atoms in total. The molecule has 0 fully saturated rings. The van der Waals surface area contributed by atoms with Gasteiger partial charge in [-0.15, -0.1) is 0 Å². The van der Waals surface area contributed by atoms with E-state index in [9.17, 15) is 4.79 Å². The minimum Gasteiger partial charge on any atom is -0.352 e. The van der Waals surface area contributed by atoms with Crippen LogP contribution in [0.5, 0.6) is 0 Å². The van der Waals surface area contributed by atoms with E-state index in [4.69, 9.17) is 17.4 Å². The molecule has 0 aromatic carbocycles. The molecule has 2 rings (SSSR count). The van der Waals surface area contributed by atoms with Crippen LogP contribution >= 0.6 is 11.6 Å². The summed E-state index contributed by atoms with van der Waals surface area (Å²) in [6, 6.07) is 3.01. The van der Waals surface area contributed by atoms with E-state index in [1.807, 2.05) is 17.8 Å². The van der Waals surface area contributed by atoms with Crippen LogP contribution in [-0.2, 0) is 13.5 Å². The molecule has 106 valence electrons. The molecule has 0 saturated heterocycles. The SMILES string of the molecule is Cn1ccnc1CCNC(=O)c1cc(Cl)nc(NN)c1. The third kappa shape index (κ3) is 3.46. The van der Waals surface area contributed by atoms with Gasteiger partial charge in [0.05, 0.1) is 0 Å². The average Bonchev–Trinajstić information content (AvgIpc) is 2.83. The summed E-state index contributed by atoms with van der Waals surface area (Å²) in [6.07, 6.45) is 4.23. The number of hydrogen-bond acceptors (Lipinski definition) is 5. The number of rotatable bonds is 5. The molecule has 0 bridgehead atoms. The first-order chi connectivity index (χ1) is 9.60. The van der Waals surface area contributed by atoms with Gasteiger partial charge in [-0.05, 0) is 12.1 Å². The van der Waals surface area contributed by atoms with E-state index < -0.39 is 0 Å². The Labute approximate surface area is 121 Å². The molecule has 0 radical (unpaired) electrons. The van der Waals surface area contributed by atoms with Crippen LogP contribution in [0.25, 0.3) is 0 Å². The van der Waals surface area contributed by atoms with Gasteiger partial charge in [-0.1, -0.05) is 11.6 Å². The summed E-state index contributed by atoms with van der Waals surface area (Å²) >= 11 is 5.81. The Morgan fingerprint density at radius 3 is 2.95 bits per heavy atom. The fraction of sp³-hybridized carbons (Fsp3) is 0.250. The van der Waals surface area contributed by atoms with Gasteiger partial charge in [0.2, 0.25) is 0 Å². The number of nitrogens with zero attached hydrogens (tertiary/aromatic N) is 3. The van der Waals surface area contributed by atoms with Crippen molar-refractivity contribution in [3.05, 3.63) is 41.1 Å². The first kappa shape index (κ1) is 14.3. The second-order valence-electron chi connectivity index (χ2n) is 4.17. The van der Waals surface area contributed by atoms with E-state index in [-0.39, 0.29) is 11.1 Å². The fourth-order valence-corrected chi connectivity index (χ4v) is 1.94. The Balaban J connectivity index is 1.95. The predicted molar refractivity (Wildman–Crippen MR) is 76.3 cm³/mol. The minimum absolute atomic E-state index is 0.203. The lowest BCUT2D eigenvalue weighted by Crippen LogP contribution is -2.26. The maximum Gasteiger partial charge on any atom is 0.251 e. The van der Waals surface area contributed by atoms with E-state index in [1.165, 1.54) is 12.1 Å². The topological polar surface area (TPSA) is 97.9 Å². The number of imidazole rings is 1. The van der Waals surface area contributed by atoms with Crippen molar-refractivity contribution in [1.29, 1.82) is 0 Å². The highest BCUT2D eigenvalue weighted by Gasteiger charge is 2.09. The van der Waals surface area contributed by atoms with Crippen LogP contribution in [0.3, 0.4) is 0 Å². The molecule has 2 aromatic heterocycles. The number of hydrazine groups is 1. The smallest absolute Gasteiger partial charge is 0.251 e. The van der Waals surface area contributed by atoms with Crippen molar-refractivity contribution in [2.75, 3.05) is 12.0 Å². The van der Waals surface area contributed by atoms with Crippen molar-refractivity contribution >= 4 is 23.3 Å². The number of amides is 1. The van der Waals surface area contributed by atoms with E-state index in [0.717, 1.165) is 5.82 Å². The summed E-state index contributed by atoms with van der Waals surface area (Å²) in [5, 5.41) is 3.00. The van der Waals surface area contributed by atoms with Gasteiger partial charge in [-0.2, -0.15) is 0 Å². The van der Waals surface area contributed by atoms with Crippen molar-refractivity contribution in [3.8, 4) is 0 Å². The van der Waals surface area contributed by atoms with Crippen molar-refractivity contribution in [2.45, 2.75) is 6.42 Å². The number of nitrogens with two attached hydrogens (primary N) is 1. The highest BCUT2D eigenvalue weighted by Crippen LogP contribution is 2.13. The van der Waals surface area contributed by atoms with Crippen LogP contribution in [0.4, 0.5) is 5.82 Å². The molecule has 2 heterocycles. The van der Waals surface area contributed by atoms with Gasteiger partial charge in [-0.25, -0.2) is 15.8 Å². The van der Waals surface area contributed by atoms with Crippen molar-refractivity contribution in [3.63, 3.8) is 0 Å². The van der Waals surface area contributed by atoms with Crippen LogP contribution in [0.15, 0.2) is 24.5 Å². The molecule has 2 aromatic rings. The first-order valence-corrected chi connectivity index (χ1v) is 6.36. The van der Waals surface area contributed by atoms with Crippen LogP contribution < -0.4 is 16.6 Å². The molecule has 0 saturated carbocycles. The zero-order valence-electron chi connectivity index (χ0n) is 10.9. The number of carbonyl (C=O) groups excluding carboxylic acids is 1. The molecule has 8 heteroatoms. The van der Waals surface area contributed by atoms with Crippen molar-refractivity contribution < 1.29 is 4.79 Å². The molecule has 0 aliphatic heterocycles. The number of carbonyl (C=O) groups is 1. The number of anilines is 1. The Morgan fingerprint density at radius 1 is 1.50 bits per heavy atom. The summed E-state index contributed by atoms with van der Waals surface area (Å²) in [6.45, 7) is 0.481. The molecule has 0 aliphatic carbocycles. The number of halogens is 1. The molecule has 0 aliphatic rings. The summed E-state index contributed by atoms with van der Waals surface area (Å²) < 4.78 is 1.91. The summed E-state index contributed by atoms with van der Waals surface area (Å²) in [7, 11) is 1.91. The number of pyridine rings is 1. The Kier molecular flexibility index (Phi) is 4.54. The lowest BCUT2D eigenvalue weighted by Gasteiger charge is -2.07. The fourth-order valence-electron chi connectivity index (χ4n) is 1.73. The Morgan fingerprint density at radius 2 is 2.30 bits per heavy atom. The summed E-state index contributed by atoms with van der Waals surface area (Å²) in [5.74, 6) is 6.26. The number of aromatic nitrogens is 3. The Bertz CT molecular complexity index is 612. The van der Waals surface area contributed by atoms with Gasteiger partial charge < -0.3 is 15.3 Å². The molecule has 20 heavy (non-hydrogen) atoms. The summed E-state index contributed by atoms with van der Waals surface area (Å²) in [5.41, 5.74) is 2.76. The molecule has 4 N–H and O–H groups in total. The van der Waals surface area contributed by atoms with Gasteiger partial charge in [0.25, 0.3) is 5.91 Å². The normalized spacial score (nSPS) is 10.3. The zero-order chi connectivity index (χ0) is 14.5. The molecular formula is C12H15ClN6O. The van der Waals surface area contributed by atoms with Crippen LogP contribution in [0, 0.1) is 0 Å². The second kappa shape index (κ2) is 6.36. The average molecular weight is 295 g/mol. The maximum atomic E-state index is 12.0. The van der Waals surface area contributed by atoms with E-state index in [0.29, 0.717) is 24.3 Å². The maximum absolute atomic E-state index is 12.0. The molecule has 0 atom stereocenters. The third-order valence-electron chi connectivity index (χ3n) is 2.76. The highest BCUT2D eigenvalue weighted by molar-refractivity contribution is 6.29. The first-order valence-electron chi connectivity index (χ1n) is 5.98. The molecule has 0 spiro atoms. The van der Waals surface area contributed by atoms with Gasteiger partial charge in [0.1, 0.15) is 16.8 Å². The van der Waals surface area contributed by atoms with E-state index >= 15 is 0 Å². The van der Waals surface area contributed by atoms with Crippen molar-refractivity contribution in [1.82, 2.24) is 19.9 Å². The van der Waals surface area contributed by atoms with E-state index in [1.54, 1.807) is 6.20 Å². The lowest BCUT2D eigenvalue weighted by atomic mass is 10.2. The third-order valence-corrected chi connectivity index (χ3v) is 2.95. The van der Waals surface area contributed by atoms with Gasteiger partial charge in [0, 0.05) is 38.0 Å². The summed E-state index contributed by atoms with van der Waals surface area (Å²) in [4.78, 5) is 20.1. The Hall–Kier alpha value is -2.12. The molecule has 1 amide bonds. The standard InChI is InChI=1S/C12H15ClN6O/c1-19-5-4-15-11(19)2-3-16-12(20)8-6-9(13)17-10(7-8)18-14/h4-7H,2-3,14H2,1H3,(H,16,20)(H,17,18). The second-order valence-corrected chi connectivity index (χ2v) is 4.56. The number of nitrogen functional groups attached to an aromatic ring is 1. The number of nitrogens with one attached hydrogen (secondary N) is 2.